The van der Waals surface area contributed by atoms with Gasteiger partial charge in [0.25, 0.3) is 11.6 Å². The average Bonchev–Trinajstić information content (AvgIpc) is 2.92. The highest BCUT2D eigenvalue weighted by Crippen LogP contribution is 2.31. The summed E-state index contributed by atoms with van der Waals surface area (Å²) in [5.74, 6) is -0.896. The van der Waals surface area contributed by atoms with Crippen LogP contribution in [0, 0.1) is 15.9 Å². The molecule has 192 valence electrons. The van der Waals surface area contributed by atoms with E-state index in [1.54, 1.807) is 29.2 Å². The molecule has 1 heterocycles. The maximum absolute atomic E-state index is 14.5. The molecule has 10 heteroatoms. The maximum atomic E-state index is 14.5. The standard InChI is InChI=1S/C27H26FN3O5S/c1-36-23-7-4-5-21(26(23)28)27(33)30-15-13-19(14-16-30)18-9-11-20(12-10-18)29-25(32)17-37-24-8-3-2-6-22(24)31(34)35/h2-12,19H,13-17H2,1H3,(H,29,32). The van der Waals surface area contributed by atoms with Gasteiger partial charge in [0.05, 0.1) is 28.2 Å². The molecule has 37 heavy (non-hydrogen) atoms. The first-order valence-corrected chi connectivity index (χ1v) is 12.7. The Hall–Kier alpha value is -3.92. The molecule has 1 aliphatic heterocycles. The molecule has 1 fully saturated rings. The molecule has 2 amide bonds. The number of halogens is 1. The van der Waals surface area contributed by atoms with Crippen molar-refractivity contribution >= 4 is 35.0 Å². The van der Waals surface area contributed by atoms with Crippen molar-refractivity contribution in [3.05, 3.63) is 93.8 Å². The van der Waals surface area contributed by atoms with Crippen LogP contribution >= 0.6 is 11.8 Å². The molecule has 0 atom stereocenters. The van der Waals surface area contributed by atoms with Crippen LogP contribution in [-0.2, 0) is 4.79 Å². The second-order valence-electron chi connectivity index (χ2n) is 8.57. The number of ether oxygens (including phenoxy) is 1. The first kappa shape index (κ1) is 26.2. The van der Waals surface area contributed by atoms with Gasteiger partial charge >= 0.3 is 0 Å². The summed E-state index contributed by atoms with van der Waals surface area (Å²) >= 11 is 1.12. The molecule has 0 aliphatic carbocycles. The number of nitrogens with one attached hydrogen (secondary N) is 1. The van der Waals surface area contributed by atoms with Crippen LogP contribution in [-0.4, -0.2) is 47.6 Å². The Balaban J connectivity index is 1.29. The van der Waals surface area contributed by atoms with Gasteiger partial charge in [-0.15, -0.1) is 11.8 Å². The van der Waals surface area contributed by atoms with Crippen LogP contribution in [0.25, 0.3) is 0 Å². The van der Waals surface area contributed by atoms with Gasteiger partial charge in [0.15, 0.2) is 11.6 Å². The van der Waals surface area contributed by atoms with E-state index in [0.29, 0.717) is 23.7 Å². The zero-order chi connectivity index (χ0) is 26.4. The third-order valence-electron chi connectivity index (χ3n) is 6.28. The molecule has 0 bridgehead atoms. The fraction of sp³-hybridized carbons (Fsp3) is 0.259. The van der Waals surface area contributed by atoms with Gasteiger partial charge in [0, 0.05) is 24.8 Å². The second-order valence-corrected chi connectivity index (χ2v) is 9.59. The normalized spacial score (nSPS) is 13.7. The van der Waals surface area contributed by atoms with Crippen LogP contribution in [0.15, 0.2) is 71.6 Å². The largest absolute Gasteiger partial charge is 0.494 e. The van der Waals surface area contributed by atoms with E-state index in [-0.39, 0.29) is 40.5 Å². The Labute approximate surface area is 218 Å². The number of carbonyl (C=O) groups is 2. The van der Waals surface area contributed by atoms with Crippen molar-refractivity contribution < 1.29 is 23.6 Å². The van der Waals surface area contributed by atoms with Crippen molar-refractivity contribution in [3.8, 4) is 5.75 Å². The monoisotopic (exact) mass is 523 g/mol. The van der Waals surface area contributed by atoms with Crippen LogP contribution in [0.4, 0.5) is 15.8 Å². The number of anilines is 1. The SMILES string of the molecule is COc1cccc(C(=O)N2CCC(c3ccc(NC(=O)CSc4ccccc4[N+](=O)[O-])cc3)CC2)c1F. The molecule has 3 aromatic rings. The molecular formula is C27H26FN3O5S. The minimum absolute atomic E-state index is 0.0120. The third kappa shape index (κ3) is 6.26. The van der Waals surface area contributed by atoms with E-state index in [0.717, 1.165) is 30.2 Å². The van der Waals surface area contributed by atoms with Crippen LogP contribution < -0.4 is 10.1 Å². The van der Waals surface area contributed by atoms with E-state index in [2.05, 4.69) is 5.32 Å². The Morgan fingerprint density at radius 3 is 2.46 bits per heavy atom. The van der Waals surface area contributed by atoms with Gasteiger partial charge in [-0.1, -0.05) is 30.3 Å². The van der Waals surface area contributed by atoms with Crippen molar-refractivity contribution in [2.24, 2.45) is 0 Å². The quantitative estimate of drug-likeness (QED) is 0.238. The van der Waals surface area contributed by atoms with E-state index < -0.39 is 10.7 Å². The maximum Gasteiger partial charge on any atom is 0.282 e. The molecule has 3 aromatic carbocycles. The second kappa shape index (κ2) is 11.9. The van der Waals surface area contributed by atoms with Gasteiger partial charge in [0.2, 0.25) is 5.91 Å². The number of benzene rings is 3. The minimum Gasteiger partial charge on any atom is -0.494 e. The molecule has 1 aliphatic rings. The summed E-state index contributed by atoms with van der Waals surface area (Å²) in [6, 6.07) is 18.4. The summed E-state index contributed by atoms with van der Waals surface area (Å²) in [4.78, 5) is 38.0. The average molecular weight is 524 g/mol. The van der Waals surface area contributed by atoms with Crippen molar-refractivity contribution in [1.29, 1.82) is 0 Å². The third-order valence-corrected chi connectivity index (χ3v) is 7.35. The van der Waals surface area contributed by atoms with Gasteiger partial charge in [-0.3, -0.25) is 19.7 Å². The highest BCUT2D eigenvalue weighted by atomic mass is 32.2. The lowest BCUT2D eigenvalue weighted by molar-refractivity contribution is -0.387. The Morgan fingerprint density at radius 2 is 1.78 bits per heavy atom. The lowest BCUT2D eigenvalue weighted by Crippen LogP contribution is -2.38. The predicted octanol–water partition coefficient (Wildman–Crippen LogP) is 5.49. The van der Waals surface area contributed by atoms with Crippen molar-refractivity contribution in [3.63, 3.8) is 0 Å². The number of likely N-dealkylation sites (tertiary alicyclic amines) is 1. The molecule has 1 saturated heterocycles. The first-order valence-electron chi connectivity index (χ1n) is 11.7. The zero-order valence-electron chi connectivity index (χ0n) is 20.2. The zero-order valence-corrected chi connectivity index (χ0v) is 21.0. The van der Waals surface area contributed by atoms with Gasteiger partial charge < -0.3 is 15.0 Å². The summed E-state index contributed by atoms with van der Waals surface area (Å²) in [5.41, 5.74) is 1.73. The number of rotatable bonds is 8. The molecule has 1 N–H and O–H groups in total. The van der Waals surface area contributed by atoms with Crippen LogP contribution in [0.3, 0.4) is 0 Å². The molecule has 0 radical (unpaired) electrons. The number of nitrogens with zero attached hydrogens (tertiary/aromatic N) is 2. The first-order chi connectivity index (χ1) is 17.9. The van der Waals surface area contributed by atoms with Gasteiger partial charge in [0.1, 0.15) is 0 Å². The smallest absolute Gasteiger partial charge is 0.282 e. The van der Waals surface area contributed by atoms with Crippen LogP contribution in [0.5, 0.6) is 5.75 Å². The summed E-state index contributed by atoms with van der Waals surface area (Å²) in [5, 5.41) is 13.9. The fourth-order valence-electron chi connectivity index (χ4n) is 4.33. The summed E-state index contributed by atoms with van der Waals surface area (Å²) in [7, 11) is 1.37. The Kier molecular flexibility index (Phi) is 8.39. The highest BCUT2D eigenvalue weighted by Gasteiger charge is 2.27. The van der Waals surface area contributed by atoms with E-state index in [1.807, 2.05) is 24.3 Å². The predicted molar refractivity (Wildman–Crippen MR) is 140 cm³/mol. The van der Waals surface area contributed by atoms with E-state index >= 15 is 0 Å². The Bertz CT molecular complexity index is 1290. The highest BCUT2D eigenvalue weighted by molar-refractivity contribution is 8.00. The van der Waals surface area contributed by atoms with Crippen molar-refractivity contribution in [1.82, 2.24) is 4.90 Å². The van der Waals surface area contributed by atoms with Crippen molar-refractivity contribution in [2.75, 3.05) is 31.3 Å². The number of hydrogen-bond acceptors (Lipinski definition) is 6. The molecule has 4 rings (SSSR count). The summed E-state index contributed by atoms with van der Waals surface area (Å²) < 4.78 is 19.5. The molecule has 8 nitrogen and oxygen atoms in total. The molecule has 0 saturated carbocycles. The molecule has 0 unspecified atom stereocenters. The number of amides is 2. The van der Waals surface area contributed by atoms with Crippen LogP contribution in [0.1, 0.15) is 34.7 Å². The number of thioether (sulfide) groups is 1. The van der Waals surface area contributed by atoms with E-state index in [9.17, 15) is 24.1 Å². The number of methoxy groups -OCH3 is 1. The lowest BCUT2D eigenvalue weighted by atomic mass is 9.89. The number of nitro benzene ring substituents is 1. The molecular weight excluding hydrogens is 497 g/mol. The van der Waals surface area contributed by atoms with Gasteiger partial charge in [-0.25, -0.2) is 4.39 Å². The Morgan fingerprint density at radius 1 is 1.08 bits per heavy atom. The number of para-hydroxylation sites is 1. The minimum atomic E-state index is -0.643. The van der Waals surface area contributed by atoms with E-state index in [1.165, 1.54) is 25.3 Å². The summed E-state index contributed by atoms with van der Waals surface area (Å²) in [6.45, 7) is 1.03. The van der Waals surface area contributed by atoms with Crippen LogP contribution in [0.2, 0.25) is 0 Å². The molecule has 0 spiro atoms. The van der Waals surface area contributed by atoms with Gasteiger partial charge in [-0.05, 0) is 54.7 Å². The number of nitro groups is 1. The molecule has 0 aromatic heterocycles. The van der Waals surface area contributed by atoms with Crippen molar-refractivity contribution in [2.45, 2.75) is 23.7 Å². The number of piperidine rings is 1. The number of hydrogen-bond donors (Lipinski definition) is 1. The van der Waals surface area contributed by atoms with E-state index in [4.69, 9.17) is 4.74 Å². The topological polar surface area (TPSA) is 102 Å². The lowest BCUT2D eigenvalue weighted by Gasteiger charge is -2.32. The van der Waals surface area contributed by atoms with Gasteiger partial charge in [-0.2, -0.15) is 0 Å². The summed E-state index contributed by atoms with van der Waals surface area (Å²) in [6.07, 6.45) is 1.49. The number of carbonyl (C=O) groups excluding carboxylic acids is 2. The fourth-order valence-corrected chi connectivity index (χ4v) is 5.15.